The molecule has 0 heterocycles. The van der Waals surface area contributed by atoms with E-state index in [1.54, 1.807) is 16.7 Å². The van der Waals surface area contributed by atoms with Gasteiger partial charge in [0.25, 0.3) is 0 Å². The molecule has 0 amide bonds. The lowest BCUT2D eigenvalue weighted by molar-refractivity contribution is 0.443. The first-order chi connectivity index (χ1) is 8.84. The van der Waals surface area contributed by atoms with Crippen LogP contribution in [0.25, 0.3) is 0 Å². The van der Waals surface area contributed by atoms with Crippen LogP contribution in [0.15, 0.2) is 18.2 Å². The lowest BCUT2D eigenvalue weighted by Gasteiger charge is -2.23. The molecule has 0 bridgehead atoms. The molecular formula is C17H23Br. The van der Waals surface area contributed by atoms with Gasteiger partial charge in [0.15, 0.2) is 0 Å². The number of halogens is 1. The van der Waals surface area contributed by atoms with Crippen molar-refractivity contribution < 1.29 is 0 Å². The largest absolute Gasteiger partial charge is 0.0839 e. The maximum atomic E-state index is 3.90. The van der Waals surface area contributed by atoms with Gasteiger partial charge in [0.05, 0.1) is 0 Å². The van der Waals surface area contributed by atoms with Crippen molar-refractivity contribution in [2.24, 2.45) is 0 Å². The third-order valence-corrected chi connectivity index (χ3v) is 5.69. The van der Waals surface area contributed by atoms with Crippen molar-refractivity contribution in [3.8, 4) is 0 Å². The Morgan fingerprint density at radius 1 is 0.889 bits per heavy atom. The van der Waals surface area contributed by atoms with E-state index in [1.807, 2.05) is 0 Å². The molecule has 0 spiro atoms. The lowest BCUT2D eigenvalue weighted by atomic mass is 9.83. The minimum absolute atomic E-state index is 0.596. The van der Waals surface area contributed by atoms with Crippen LogP contribution in [0.2, 0.25) is 0 Å². The van der Waals surface area contributed by atoms with Crippen LogP contribution in [0.4, 0.5) is 0 Å². The third-order valence-electron chi connectivity index (χ3n) is 4.74. The van der Waals surface area contributed by atoms with Gasteiger partial charge in [-0.05, 0) is 54.7 Å². The van der Waals surface area contributed by atoms with Gasteiger partial charge in [-0.3, -0.25) is 0 Å². The summed E-state index contributed by atoms with van der Waals surface area (Å²) >= 11 is 3.90. The molecule has 0 nitrogen and oxygen atoms in total. The summed E-state index contributed by atoms with van der Waals surface area (Å²) < 4.78 is 0. The van der Waals surface area contributed by atoms with Crippen molar-refractivity contribution in [1.82, 2.24) is 0 Å². The Balaban J connectivity index is 1.88. The van der Waals surface area contributed by atoms with Crippen molar-refractivity contribution in [2.75, 3.05) is 0 Å². The second-order valence-corrected chi connectivity index (χ2v) is 7.11. The molecular weight excluding hydrogens is 284 g/mol. The number of hydrogen-bond acceptors (Lipinski definition) is 0. The fourth-order valence-corrected chi connectivity index (χ4v) is 4.37. The molecule has 0 aromatic heterocycles. The molecule has 0 aliphatic heterocycles. The van der Waals surface area contributed by atoms with E-state index < -0.39 is 0 Å². The van der Waals surface area contributed by atoms with E-state index >= 15 is 0 Å². The summed E-state index contributed by atoms with van der Waals surface area (Å²) in [5.41, 5.74) is 4.80. The number of hydrogen-bond donors (Lipinski definition) is 0. The molecule has 1 aromatic carbocycles. The van der Waals surface area contributed by atoms with E-state index in [2.05, 4.69) is 34.1 Å². The average Bonchev–Trinajstić information content (AvgIpc) is 2.62. The van der Waals surface area contributed by atoms with Gasteiger partial charge in [0.1, 0.15) is 0 Å². The van der Waals surface area contributed by atoms with Crippen LogP contribution in [0.5, 0.6) is 0 Å². The molecule has 98 valence electrons. The average molecular weight is 307 g/mol. The quantitative estimate of drug-likeness (QED) is 0.448. The summed E-state index contributed by atoms with van der Waals surface area (Å²) in [7, 11) is 0. The smallest absolute Gasteiger partial charge is 0.0398 e. The van der Waals surface area contributed by atoms with Gasteiger partial charge >= 0.3 is 0 Å². The Hall–Kier alpha value is -0.300. The second kappa shape index (κ2) is 5.77. The minimum atomic E-state index is 0.596. The fraction of sp³-hybridized carbons (Fsp3) is 0.647. The monoisotopic (exact) mass is 306 g/mol. The molecule has 1 unspecified atom stereocenters. The Kier molecular flexibility index (Phi) is 4.08. The predicted octanol–water partition coefficient (Wildman–Crippen LogP) is 5.90. The minimum Gasteiger partial charge on any atom is -0.0839 e. The van der Waals surface area contributed by atoms with Crippen molar-refractivity contribution >= 4 is 15.9 Å². The summed E-state index contributed by atoms with van der Waals surface area (Å²) in [5.74, 6) is 0.840. The van der Waals surface area contributed by atoms with Crippen LogP contribution in [-0.4, -0.2) is 0 Å². The highest BCUT2D eigenvalue weighted by atomic mass is 79.9. The summed E-state index contributed by atoms with van der Waals surface area (Å²) in [5, 5.41) is 0. The van der Waals surface area contributed by atoms with Crippen molar-refractivity contribution in [3.63, 3.8) is 0 Å². The van der Waals surface area contributed by atoms with E-state index in [9.17, 15) is 0 Å². The Labute approximate surface area is 119 Å². The Morgan fingerprint density at radius 3 is 2.50 bits per heavy atom. The zero-order valence-electron chi connectivity index (χ0n) is 11.1. The maximum Gasteiger partial charge on any atom is 0.0398 e. The number of aryl methyl sites for hydroxylation is 1. The number of fused-ring (bicyclic) bond motifs is 1. The van der Waals surface area contributed by atoms with Gasteiger partial charge in [0.2, 0.25) is 0 Å². The number of benzene rings is 1. The highest BCUT2D eigenvalue weighted by molar-refractivity contribution is 9.09. The Morgan fingerprint density at radius 2 is 1.67 bits per heavy atom. The van der Waals surface area contributed by atoms with Crippen LogP contribution in [0.1, 0.15) is 78.8 Å². The molecule has 1 saturated carbocycles. The first-order valence-electron chi connectivity index (χ1n) is 7.61. The maximum absolute atomic E-state index is 3.90. The van der Waals surface area contributed by atoms with Crippen LogP contribution in [0, 0.1) is 0 Å². The van der Waals surface area contributed by atoms with Crippen molar-refractivity contribution in [2.45, 2.75) is 68.5 Å². The predicted molar refractivity (Wildman–Crippen MR) is 81.5 cm³/mol. The zero-order valence-corrected chi connectivity index (χ0v) is 12.7. The van der Waals surface area contributed by atoms with E-state index in [1.165, 1.54) is 57.8 Å². The SMILES string of the molecule is BrC1CCCCc2ccc(C3CCCCC3)cc21. The highest BCUT2D eigenvalue weighted by Gasteiger charge is 2.20. The van der Waals surface area contributed by atoms with Gasteiger partial charge in [-0.25, -0.2) is 0 Å². The van der Waals surface area contributed by atoms with E-state index in [-0.39, 0.29) is 0 Å². The highest BCUT2D eigenvalue weighted by Crippen LogP contribution is 2.39. The molecule has 1 fully saturated rings. The molecule has 18 heavy (non-hydrogen) atoms. The van der Waals surface area contributed by atoms with E-state index in [4.69, 9.17) is 0 Å². The second-order valence-electron chi connectivity index (χ2n) is 6.01. The topological polar surface area (TPSA) is 0 Å². The van der Waals surface area contributed by atoms with Gasteiger partial charge in [0, 0.05) is 4.83 Å². The summed E-state index contributed by atoms with van der Waals surface area (Å²) in [6, 6.07) is 7.36. The molecule has 0 saturated heterocycles. The lowest BCUT2D eigenvalue weighted by Crippen LogP contribution is -2.06. The molecule has 1 aromatic rings. The first-order valence-corrected chi connectivity index (χ1v) is 8.53. The fourth-order valence-electron chi connectivity index (χ4n) is 3.62. The van der Waals surface area contributed by atoms with Gasteiger partial charge in [-0.15, -0.1) is 0 Å². The van der Waals surface area contributed by atoms with Crippen LogP contribution in [-0.2, 0) is 6.42 Å². The molecule has 1 heteroatoms. The van der Waals surface area contributed by atoms with E-state index in [0.717, 1.165) is 5.92 Å². The van der Waals surface area contributed by atoms with Crippen LogP contribution < -0.4 is 0 Å². The summed E-state index contributed by atoms with van der Waals surface area (Å²) in [6.07, 6.45) is 12.4. The molecule has 0 N–H and O–H groups in total. The molecule has 3 rings (SSSR count). The number of rotatable bonds is 1. The number of alkyl halides is 1. The first kappa shape index (κ1) is 12.7. The molecule has 0 radical (unpaired) electrons. The third kappa shape index (κ3) is 2.66. The van der Waals surface area contributed by atoms with Crippen LogP contribution >= 0.6 is 15.9 Å². The zero-order chi connectivity index (χ0) is 12.4. The van der Waals surface area contributed by atoms with Gasteiger partial charge in [-0.2, -0.15) is 0 Å². The summed E-state index contributed by atoms with van der Waals surface area (Å²) in [6.45, 7) is 0. The normalized spacial score (nSPS) is 25.5. The molecule has 2 aliphatic rings. The van der Waals surface area contributed by atoms with Crippen molar-refractivity contribution in [1.29, 1.82) is 0 Å². The van der Waals surface area contributed by atoms with Crippen molar-refractivity contribution in [3.05, 3.63) is 34.9 Å². The van der Waals surface area contributed by atoms with Crippen LogP contribution in [0.3, 0.4) is 0 Å². The molecule has 2 aliphatic carbocycles. The van der Waals surface area contributed by atoms with Gasteiger partial charge < -0.3 is 0 Å². The standard InChI is InChI=1S/C17H23Br/c18-17-9-5-4-8-14-10-11-15(12-16(14)17)13-6-2-1-3-7-13/h10-13,17H,1-9H2. The van der Waals surface area contributed by atoms with Gasteiger partial charge in [-0.1, -0.05) is 59.8 Å². The van der Waals surface area contributed by atoms with E-state index in [0.29, 0.717) is 4.83 Å². The Bertz CT molecular complexity index is 404. The molecule has 1 atom stereocenters. The summed E-state index contributed by atoms with van der Waals surface area (Å²) in [4.78, 5) is 0.596.